The van der Waals surface area contributed by atoms with Crippen molar-refractivity contribution < 1.29 is 52.4 Å². The van der Waals surface area contributed by atoms with Gasteiger partial charge in [-0.1, -0.05) is 13.2 Å². The van der Waals surface area contributed by atoms with Crippen LogP contribution in [0.3, 0.4) is 0 Å². The minimum atomic E-state index is -0.754. The van der Waals surface area contributed by atoms with E-state index < -0.39 is 30.0 Å². The molecule has 12 heteroatoms. The molecule has 1 N–H and O–H groups in total. The highest BCUT2D eigenvalue weighted by Gasteiger charge is 2.17. The molecule has 45 heavy (non-hydrogen) atoms. The molecule has 0 saturated carbocycles. The number of rotatable bonds is 15. The zero-order valence-electron chi connectivity index (χ0n) is 24.7. The molecule has 2 aromatic rings. The molecule has 0 heterocycles. The molecule has 0 fully saturated rings. The quantitative estimate of drug-likeness (QED) is 0.124. The summed E-state index contributed by atoms with van der Waals surface area (Å²) in [6.07, 6.45) is 4.65. The lowest BCUT2D eigenvalue weighted by Gasteiger charge is -2.15. The lowest BCUT2D eigenvalue weighted by atomic mass is 10.1. The number of nitrogens with one attached hydrogen (secondary N) is 1. The first-order valence-electron chi connectivity index (χ1n) is 13.9. The van der Waals surface area contributed by atoms with Gasteiger partial charge in [0, 0.05) is 30.9 Å². The topological polar surface area (TPSA) is 153 Å². The van der Waals surface area contributed by atoms with Crippen molar-refractivity contribution in [3.8, 4) is 11.5 Å². The van der Waals surface area contributed by atoms with Crippen molar-refractivity contribution in [2.45, 2.75) is 26.2 Å². The highest BCUT2D eigenvalue weighted by molar-refractivity contribution is 5.91. The maximum atomic E-state index is 12.6. The summed E-state index contributed by atoms with van der Waals surface area (Å²) in [5.74, 6) is -0.628. The molecule has 3 rings (SSSR count). The Morgan fingerprint density at radius 2 is 1.31 bits per heavy atom. The lowest BCUT2D eigenvalue weighted by molar-refractivity contribution is -0.139. The van der Waals surface area contributed by atoms with E-state index in [9.17, 15) is 24.0 Å². The summed E-state index contributed by atoms with van der Waals surface area (Å²) in [6.45, 7) is 8.86. The van der Waals surface area contributed by atoms with Crippen LogP contribution in [0.5, 0.6) is 11.5 Å². The average Bonchev–Trinajstić information content (AvgIpc) is 3.04. The van der Waals surface area contributed by atoms with Gasteiger partial charge in [-0.3, -0.25) is 0 Å². The summed E-state index contributed by atoms with van der Waals surface area (Å²) >= 11 is 0. The first-order valence-corrected chi connectivity index (χ1v) is 13.9. The zero-order valence-corrected chi connectivity index (χ0v) is 24.7. The van der Waals surface area contributed by atoms with Crippen LogP contribution in [0.1, 0.15) is 46.9 Å². The number of hydrogen-bond donors (Lipinski definition) is 1. The standard InChI is InChI=1S/C33H33NO11/c1-4-29(35)41-20-5-19-40-25-10-6-23(7-11-25)31(37)43-26-14-16-27(17-15-26)44-32(38)24-8-12-28(13-9-24)45-33(39)34-18-21-42-30(36)22(2)3/h4,6-14,16H,1-2,5,15,17-21H2,3H3,(H,34,39). The van der Waals surface area contributed by atoms with E-state index in [1.54, 1.807) is 36.4 Å². The Labute approximate surface area is 259 Å². The highest BCUT2D eigenvalue weighted by atomic mass is 16.6. The lowest BCUT2D eigenvalue weighted by Crippen LogP contribution is -2.30. The average molecular weight is 620 g/mol. The maximum absolute atomic E-state index is 12.6. The fraction of sp³-hybridized carbons (Fsp3) is 0.242. The molecule has 12 nitrogen and oxygen atoms in total. The second-order valence-electron chi connectivity index (χ2n) is 9.40. The minimum absolute atomic E-state index is 0.0363. The molecule has 1 aliphatic carbocycles. The number of hydrogen-bond acceptors (Lipinski definition) is 11. The van der Waals surface area contributed by atoms with E-state index in [2.05, 4.69) is 18.5 Å². The Morgan fingerprint density at radius 3 is 1.82 bits per heavy atom. The Bertz CT molecular complexity index is 1470. The second kappa shape index (κ2) is 17.5. The molecule has 0 aliphatic heterocycles. The SMILES string of the molecule is C=CC(=O)OCCCOc1ccc(C(=O)OC2=CC=C(OC(=O)c3ccc(OC(=O)NCCOC(=O)C(=C)C)cc3)CC2)cc1. The highest BCUT2D eigenvalue weighted by Crippen LogP contribution is 2.23. The fourth-order valence-electron chi connectivity index (χ4n) is 3.52. The molecule has 0 bridgehead atoms. The summed E-state index contributed by atoms with van der Waals surface area (Å²) in [5.41, 5.74) is 0.822. The van der Waals surface area contributed by atoms with Crippen LogP contribution in [0.4, 0.5) is 4.79 Å². The first kappa shape index (κ1) is 33.8. The van der Waals surface area contributed by atoms with Crippen molar-refractivity contribution in [1.29, 1.82) is 0 Å². The third-order valence-corrected chi connectivity index (χ3v) is 5.83. The van der Waals surface area contributed by atoms with Crippen LogP contribution in [-0.4, -0.2) is 56.3 Å². The fourth-order valence-corrected chi connectivity index (χ4v) is 3.52. The largest absolute Gasteiger partial charge is 0.493 e. The number of esters is 4. The number of carbonyl (C=O) groups excluding carboxylic acids is 5. The van der Waals surface area contributed by atoms with Gasteiger partial charge in [0.2, 0.25) is 0 Å². The van der Waals surface area contributed by atoms with Crippen LogP contribution >= 0.6 is 0 Å². The maximum Gasteiger partial charge on any atom is 0.412 e. The number of amides is 1. The van der Waals surface area contributed by atoms with E-state index in [1.165, 1.54) is 31.2 Å². The molecule has 0 aromatic heterocycles. The monoisotopic (exact) mass is 619 g/mol. The van der Waals surface area contributed by atoms with Crippen LogP contribution in [0.2, 0.25) is 0 Å². The van der Waals surface area contributed by atoms with Crippen LogP contribution in [0.25, 0.3) is 0 Å². The normalized spacial score (nSPS) is 11.9. The number of ether oxygens (including phenoxy) is 6. The van der Waals surface area contributed by atoms with E-state index >= 15 is 0 Å². The number of carbonyl (C=O) groups is 5. The van der Waals surface area contributed by atoms with E-state index in [0.717, 1.165) is 6.08 Å². The summed E-state index contributed by atoms with van der Waals surface area (Å²) in [6, 6.07) is 12.2. The van der Waals surface area contributed by atoms with E-state index in [1.807, 2.05) is 0 Å². The summed E-state index contributed by atoms with van der Waals surface area (Å²) < 4.78 is 31.3. The van der Waals surface area contributed by atoms with E-state index in [4.69, 9.17) is 28.4 Å². The van der Waals surface area contributed by atoms with Crippen molar-refractivity contribution in [2.75, 3.05) is 26.4 Å². The third-order valence-electron chi connectivity index (χ3n) is 5.83. The van der Waals surface area contributed by atoms with Gasteiger partial charge in [-0.05, 0) is 67.6 Å². The van der Waals surface area contributed by atoms with Crippen molar-refractivity contribution in [1.82, 2.24) is 5.32 Å². The summed E-state index contributed by atoms with van der Waals surface area (Å²) in [7, 11) is 0. The van der Waals surface area contributed by atoms with Gasteiger partial charge in [0.25, 0.3) is 0 Å². The van der Waals surface area contributed by atoms with Gasteiger partial charge in [0.05, 0.1) is 30.9 Å². The van der Waals surface area contributed by atoms with E-state index in [0.29, 0.717) is 48.7 Å². The Morgan fingerprint density at radius 1 is 0.756 bits per heavy atom. The van der Waals surface area contributed by atoms with Crippen LogP contribution in [0.15, 0.2) is 97.0 Å². The first-order chi connectivity index (χ1) is 21.6. The Kier molecular flexibility index (Phi) is 13.1. The Balaban J connectivity index is 1.40. The summed E-state index contributed by atoms with van der Waals surface area (Å²) in [4.78, 5) is 59.3. The minimum Gasteiger partial charge on any atom is -0.493 e. The van der Waals surface area contributed by atoms with Crippen molar-refractivity contribution >= 4 is 30.0 Å². The van der Waals surface area contributed by atoms with Crippen molar-refractivity contribution in [2.24, 2.45) is 0 Å². The molecule has 0 radical (unpaired) electrons. The molecule has 0 spiro atoms. The van der Waals surface area contributed by atoms with Gasteiger partial charge in [-0.25, -0.2) is 24.0 Å². The van der Waals surface area contributed by atoms with Gasteiger partial charge in [-0.15, -0.1) is 0 Å². The molecule has 1 aliphatic rings. The zero-order chi connectivity index (χ0) is 32.6. The number of benzene rings is 2. The molecule has 0 atom stereocenters. The summed E-state index contributed by atoms with van der Waals surface area (Å²) in [5, 5.41) is 2.44. The molecular weight excluding hydrogens is 586 g/mol. The van der Waals surface area contributed by atoms with Crippen LogP contribution < -0.4 is 14.8 Å². The smallest absolute Gasteiger partial charge is 0.412 e. The van der Waals surface area contributed by atoms with Gasteiger partial charge >= 0.3 is 30.0 Å². The predicted molar refractivity (Wildman–Crippen MR) is 160 cm³/mol. The van der Waals surface area contributed by atoms with Crippen molar-refractivity contribution in [3.05, 3.63) is 108 Å². The van der Waals surface area contributed by atoms with Gasteiger partial charge < -0.3 is 33.7 Å². The van der Waals surface area contributed by atoms with E-state index in [-0.39, 0.29) is 36.6 Å². The molecule has 0 unspecified atom stereocenters. The molecule has 1 amide bonds. The molecule has 0 saturated heterocycles. The molecule has 236 valence electrons. The van der Waals surface area contributed by atoms with Gasteiger partial charge in [-0.2, -0.15) is 0 Å². The van der Waals surface area contributed by atoms with Crippen LogP contribution in [-0.2, 0) is 28.5 Å². The van der Waals surface area contributed by atoms with Gasteiger partial charge in [0.1, 0.15) is 29.6 Å². The third kappa shape index (κ3) is 11.9. The predicted octanol–water partition coefficient (Wildman–Crippen LogP) is 4.97. The van der Waals surface area contributed by atoms with Crippen molar-refractivity contribution in [3.63, 3.8) is 0 Å². The second-order valence-corrected chi connectivity index (χ2v) is 9.40. The number of allylic oxidation sites excluding steroid dienone is 4. The molecule has 2 aromatic carbocycles. The van der Waals surface area contributed by atoms with Gasteiger partial charge in [0.15, 0.2) is 0 Å². The Hall–Kier alpha value is -5.65. The van der Waals surface area contributed by atoms with Crippen LogP contribution in [0, 0.1) is 0 Å². The molecular formula is C33H33NO11.